The van der Waals surface area contributed by atoms with Crippen molar-refractivity contribution in [1.29, 1.82) is 0 Å². The van der Waals surface area contributed by atoms with E-state index in [9.17, 15) is 14.7 Å². The van der Waals surface area contributed by atoms with Crippen LogP contribution in [0.15, 0.2) is 12.1 Å². The highest BCUT2D eigenvalue weighted by atomic mass is 16.5. The number of hydrogen-bond donors (Lipinski definition) is 2. The van der Waals surface area contributed by atoms with Crippen LogP contribution in [0.5, 0.6) is 5.75 Å². The molecule has 0 saturated heterocycles. The van der Waals surface area contributed by atoms with E-state index in [0.29, 0.717) is 48.6 Å². The number of aryl methyl sites for hydroxylation is 2. The summed E-state index contributed by atoms with van der Waals surface area (Å²) in [6, 6.07) is 3.67. The van der Waals surface area contributed by atoms with Crippen molar-refractivity contribution in [3.05, 3.63) is 23.5 Å². The lowest BCUT2D eigenvalue weighted by Crippen LogP contribution is -2.29. The van der Waals surface area contributed by atoms with E-state index < -0.39 is 12.1 Å². The van der Waals surface area contributed by atoms with Gasteiger partial charge in [0.15, 0.2) is 0 Å². The van der Waals surface area contributed by atoms with E-state index in [-0.39, 0.29) is 18.6 Å². The molecule has 0 bridgehead atoms. The van der Waals surface area contributed by atoms with Gasteiger partial charge in [-0.05, 0) is 56.6 Å². The van der Waals surface area contributed by atoms with Crippen molar-refractivity contribution in [2.45, 2.75) is 71.0 Å². The Labute approximate surface area is 199 Å². The van der Waals surface area contributed by atoms with Gasteiger partial charge in [0.2, 0.25) is 0 Å². The van der Waals surface area contributed by atoms with E-state index in [1.165, 1.54) is 12.8 Å². The zero-order valence-corrected chi connectivity index (χ0v) is 19.8. The Bertz CT molecular complexity index is 1020. The Balaban J connectivity index is 1.41. The molecule has 2 N–H and O–H groups in total. The second-order valence-corrected chi connectivity index (χ2v) is 9.18. The Morgan fingerprint density at radius 2 is 2.06 bits per heavy atom. The standard InChI is InChI=1S/C24H33N5O5/c1-3-18-21(34-17-6-4-5-16(13-17)23(30)31)10-9-19(26-18)22-20(29(2)28-27-22)14-33-24(32)25-12-11-15-7-8-15/h9-10,15-17H,3-8,11-14H2,1-2H3,(H,25,32)(H,30,31)/t16-,17-/m0/s1. The second-order valence-electron chi connectivity index (χ2n) is 9.18. The molecule has 10 nitrogen and oxygen atoms in total. The summed E-state index contributed by atoms with van der Waals surface area (Å²) in [7, 11) is 1.75. The fourth-order valence-corrected chi connectivity index (χ4v) is 4.34. The smallest absolute Gasteiger partial charge is 0.407 e. The van der Waals surface area contributed by atoms with E-state index in [0.717, 1.165) is 30.9 Å². The molecular weight excluding hydrogens is 438 g/mol. The third kappa shape index (κ3) is 6.03. The molecule has 2 aliphatic rings. The fraction of sp³-hybridized carbons (Fsp3) is 0.625. The summed E-state index contributed by atoms with van der Waals surface area (Å²) in [6.45, 7) is 2.65. The Hall–Kier alpha value is -3.17. The van der Waals surface area contributed by atoms with Crippen LogP contribution in [0.4, 0.5) is 4.79 Å². The highest BCUT2D eigenvalue weighted by Crippen LogP contribution is 2.32. The predicted octanol–water partition coefficient (Wildman–Crippen LogP) is 3.49. The van der Waals surface area contributed by atoms with Gasteiger partial charge < -0.3 is 19.9 Å². The number of aliphatic carboxylic acids is 1. The van der Waals surface area contributed by atoms with Crippen LogP contribution in [0.3, 0.4) is 0 Å². The van der Waals surface area contributed by atoms with Crippen LogP contribution in [0.25, 0.3) is 11.4 Å². The molecule has 2 fully saturated rings. The number of amides is 1. The number of carboxylic acid groups (broad SMARTS) is 1. The lowest BCUT2D eigenvalue weighted by Gasteiger charge is -2.28. The Kier molecular flexibility index (Phi) is 7.64. The van der Waals surface area contributed by atoms with Crippen molar-refractivity contribution in [2.24, 2.45) is 18.9 Å². The van der Waals surface area contributed by atoms with Gasteiger partial charge in [0.25, 0.3) is 0 Å². The highest BCUT2D eigenvalue weighted by Gasteiger charge is 2.29. The molecule has 10 heteroatoms. The van der Waals surface area contributed by atoms with Crippen LogP contribution < -0.4 is 10.1 Å². The molecule has 0 aromatic carbocycles. The molecule has 184 valence electrons. The summed E-state index contributed by atoms with van der Waals surface area (Å²) in [5.74, 6) is 0.297. The molecule has 0 aliphatic heterocycles. The first kappa shape index (κ1) is 24.0. The molecule has 2 heterocycles. The number of alkyl carbamates (subject to hydrolysis) is 1. The van der Waals surface area contributed by atoms with E-state index in [1.54, 1.807) is 11.7 Å². The van der Waals surface area contributed by atoms with Gasteiger partial charge >= 0.3 is 12.1 Å². The number of rotatable bonds is 10. The van der Waals surface area contributed by atoms with Crippen molar-refractivity contribution in [3.63, 3.8) is 0 Å². The zero-order chi connectivity index (χ0) is 24.1. The van der Waals surface area contributed by atoms with Gasteiger partial charge in [-0.1, -0.05) is 25.0 Å². The molecule has 0 spiro atoms. The van der Waals surface area contributed by atoms with Crippen molar-refractivity contribution in [2.75, 3.05) is 6.54 Å². The normalized spacial score (nSPS) is 20.1. The maximum atomic E-state index is 12.0. The maximum absolute atomic E-state index is 12.0. The number of nitrogens with one attached hydrogen (secondary N) is 1. The molecule has 0 radical (unpaired) electrons. The first-order chi connectivity index (χ1) is 16.4. The monoisotopic (exact) mass is 471 g/mol. The summed E-state index contributed by atoms with van der Waals surface area (Å²) in [6.07, 6.45) is 6.43. The van der Waals surface area contributed by atoms with Crippen molar-refractivity contribution >= 4 is 12.1 Å². The van der Waals surface area contributed by atoms with Gasteiger partial charge in [0, 0.05) is 13.6 Å². The van der Waals surface area contributed by atoms with Gasteiger partial charge in [0.05, 0.1) is 23.4 Å². The number of carbonyl (C=O) groups excluding carboxylic acids is 1. The lowest BCUT2D eigenvalue weighted by molar-refractivity contribution is -0.143. The SMILES string of the molecule is CCc1nc(-c2nnn(C)c2COC(=O)NCCC2CC2)ccc1O[C@H]1CCC[C@H](C(=O)O)C1. The van der Waals surface area contributed by atoms with Crippen LogP contribution in [0.1, 0.15) is 63.3 Å². The van der Waals surface area contributed by atoms with E-state index in [2.05, 4.69) is 15.6 Å². The third-order valence-corrected chi connectivity index (χ3v) is 6.58. The van der Waals surface area contributed by atoms with Crippen LogP contribution in [0.2, 0.25) is 0 Å². The molecule has 0 unspecified atom stereocenters. The van der Waals surface area contributed by atoms with E-state index >= 15 is 0 Å². The maximum Gasteiger partial charge on any atom is 0.407 e. The van der Waals surface area contributed by atoms with Gasteiger partial charge in [-0.15, -0.1) is 5.10 Å². The van der Waals surface area contributed by atoms with Crippen LogP contribution in [-0.2, 0) is 29.6 Å². The number of pyridine rings is 1. The Morgan fingerprint density at radius 3 is 2.79 bits per heavy atom. The zero-order valence-electron chi connectivity index (χ0n) is 19.8. The quantitative estimate of drug-likeness (QED) is 0.539. The lowest BCUT2D eigenvalue weighted by atomic mass is 9.87. The summed E-state index contributed by atoms with van der Waals surface area (Å²) < 4.78 is 13.1. The minimum absolute atomic E-state index is 0.0358. The van der Waals surface area contributed by atoms with Gasteiger partial charge in [-0.25, -0.2) is 14.5 Å². The van der Waals surface area contributed by atoms with Crippen LogP contribution >= 0.6 is 0 Å². The number of hydrogen-bond acceptors (Lipinski definition) is 7. The summed E-state index contributed by atoms with van der Waals surface area (Å²) in [4.78, 5) is 28.2. The van der Waals surface area contributed by atoms with Crippen molar-refractivity contribution in [3.8, 4) is 17.1 Å². The van der Waals surface area contributed by atoms with Gasteiger partial charge in [-0.3, -0.25) is 4.79 Å². The molecule has 2 saturated carbocycles. The first-order valence-electron chi connectivity index (χ1n) is 12.1. The molecule has 2 aliphatic carbocycles. The number of ether oxygens (including phenoxy) is 2. The number of nitrogens with zero attached hydrogens (tertiary/aromatic N) is 4. The number of carbonyl (C=O) groups is 2. The average molecular weight is 472 g/mol. The van der Waals surface area contributed by atoms with Crippen LogP contribution in [0, 0.1) is 11.8 Å². The molecule has 2 aromatic heterocycles. The fourth-order valence-electron chi connectivity index (χ4n) is 4.34. The van der Waals surface area contributed by atoms with Gasteiger partial charge in [0.1, 0.15) is 23.7 Å². The molecule has 2 atom stereocenters. The molecule has 34 heavy (non-hydrogen) atoms. The van der Waals surface area contributed by atoms with Gasteiger partial charge in [-0.2, -0.15) is 0 Å². The number of aromatic nitrogens is 4. The molecule has 1 amide bonds. The first-order valence-corrected chi connectivity index (χ1v) is 12.1. The minimum Gasteiger partial charge on any atom is -0.488 e. The topological polar surface area (TPSA) is 128 Å². The van der Waals surface area contributed by atoms with Crippen molar-refractivity contribution < 1.29 is 24.2 Å². The van der Waals surface area contributed by atoms with E-state index in [1.807, 2.05) is 19.1 Å². The number of carboxylic acids is 1. The van der Waals surface area contributed by atoms with Crippen LogP contribution in [-0.4, -0.2) is 49.8 Å². The predicted molar refractivity (Wildman–Crippen MR) is 123 cm³/mol. The van der Waals surface area contributed by atoms with E-state index in [4.69, 9.17) is 14.5 Å². The Morgan fingerprint density at radius 1 is 1.24 bits per heavy atom. The molecular formula is C24H33N5O5. The molecule has 2 aromatic rings. The molecule has 4 rings (SSSR count). The largest absolute Gasteiger partial charge is 0.488 e. The second kappa shape index (κ2) is 10.8. The summed E-state index contributed by atoms with van der Waals surface area (Å²) in [5, 5.41) is 20.5. The van der Waals surface area contributed by atoms with Crippen molar-refractivity contribution in [1.82, 2.24) is 25.3 Å². The summed E-state index contributed by atoms with van der Waals surface area (Å²) >= 11 is 0. The highest BCUT2D eigenvalue weighted by molar-refractivity contribution is 5.70. The average Bonchev–Trinajstić information content (AvgIpc) is 3.58. The summed E-state index contributed by atoms with van der Waals surface area (Å²) in [5.41, 5.74) is 2.60. The third-order valence-electron chi connectivity index (χ3n) is 6.58. The minimum atomic E-state index is -0.758.